The summed E-state index contributed by atoms with van der Waals surface area (Å²) in [5.41, 5.74) is 0.964. The monoisotopic (exact) mass is 258 g/mol. The van der Waals surface area contributed by atoms with Crippen molar-refractivity contribution in [3.8, 4) is 5.75 Å². The van der Waals surface area contributed by atoms with Gasteiger partial charge in [0.15, 0.2) is 5.78 Å². The number of aliphatic hydroxyl groups excluding tert-OH is 2. The zero-order valence-electron chi connectivity index (χ0n) is 10.2. The molecule has 1 aromatic carbocycles. The Labute approximate surface area is 110 Å². The van der Waals surface area contributed by atoms with Gasteiger partial charge in [-0.15, -0.1) is 0 Å². The van der Waals surface area contributed by atoms with Gasteiger partial charge >= 0.3 is 0 Å². The molecular formula is C15H14O4. The largest absolute Gasteiger partial charge is 0.508 e. The van der Waals surface area contributed by atoms with Crippen LogP contribution < -0.4 is 0 Å². The molecule has 3 N–H and O–H groups in total. The van der Waals surface area contributed by atoms with Crippen LogP contribution in [0.2, 0.25) is 0 Å². The molecule has 1 aliphatic rings. The van der Waals surface area contributed by atoms with Gasteiger partial charge in [0.25, 0.3) is 0 Å². The van der Waals surface area contributed by atoms with Crippen LogP contribution in [0.1, 0.15) is 12.0 Å². The zero-order valence-corrected chi connectivity index (χ0v) is 10.2. The molecule has 1 aromatic rings. The summed E-state index contributed by atoms with van der Waals surface area (Å²) in [6.45, 7) is 0. The van der Waals surface area contributed by atoms with Gasteiger partial charge in [0.2, 0.25) is 0 Å². The molecule has 1 aliphatic carbocycles. The first-order chi connectivity index (χ1) is 9.06. The number of phenols is 1. The summed E-state index contributed by atoms with van der Waals surface area (Å²) in [6, 6.07) is 6.40. The molecule has 0 radical (unpaired) electrons. The number of hydrogen-bond donors (Lipinski definition) is 3. The van der Waals surface area contributed by atoms with Crippen LogP contribution in [0.5, 0.6) is 5.75 Å². The Hall–Kier alpha value is -2.33. The van der Waals surface area contributed by atoms with E-state index in [9.17, 15) is 15.0 Å². The second kappa shape index (κ2) is 5.54. The number of aliphatic hydroxyl groups is 2. The molecular weight excluding hydrogens is 244 g/mol. The Morgan fingerprint density at radius 2 is 1.89 bits per heavy atom. The topological polar surface area (TPSA) is 77.8 Å². The predicted molar refractivity (Wildman–Crippen MR) is 71.6 cm³/mol. The van der Waals surface area contributed by atoms with E-state index < -0.39 is 6.10 Å². The number of rotatable bonds is 3. The fourth-order valence-corrected chi connectivity index (χ4v) is 1.76. The highest BCUT2D eigenvalue weighted by Gasteiger charge is 2.17. The van der Waals surface area contributed by atoms with Gasteiger partial charge in [-0.2, -0.15) is 0 Å². The Balaban J connectivity index is 2.09. The van der Waals surface area contributed by atoms with E-state index in [1.807, 2.05) is 0 Å². The lowest BCUT2D eigenvalue weighted by Crippen LogP contribution is -2.12. The van der Waals surface area contributed by atoms with Gasteiger partial charge < -0.3 is 15.3 Å². The van der Waals surface area contributed by atoms with Crippen LogP contribution in [-0.4, -0.2) is 27.2 Å². The van der Waals surface area contributed by atoms with Gasteiger partial charge in [0, 0.05) is 0 Å². The number of ketones is 1. The number of carbonyl (C=O) groups excluding carboxylic acids is 1. The highest BCUT2D eigenvalue weighted by molar-refractivity contribution is 6.09. The Morgan fingerprint density at radius 1 is 1.21 bits per heavy atom. The van der Waals surface area contributed by atoms with Crippen LogP contribution in [0.15, 0.2) is 53.8 Å². The molecule has 1 atom stereocenters. The number of hydrogen-bond acceptors (Lipinski definition) is 4. The Bertz CT molecular complexity index is 564. The third-order valence-corrected chi connectivity index (χ3v) is 2.78. The molecule has 98 valence electrons. The van der Waals surface area contributed by atoms with Crippen LogP contribution >= 0.6 is 0 Å². The van der Waals surface area contributed by atoms with E-state index in [-0.39, 0.29) is 22.9 Å². The zero-order chi connectivity index (χ0) is 13.8. The fraction of sp³-hybridized carbons (Fsp3) is 0.133. The lowest BCUT2D eigenvalue weighted by molar-refractivity contribution is -0.111. The average Bonchev–Trinajstić information content (AvgIpc) is 2.37. The molecule has 0 amide bonds. The van der Waals surface area contributed by atoms with Crippen molar-refractivity contribution >= 4 is 11.9 Å². The smallest absolute Gasteiger partial charge is 0.189 e. The van der Waals surface area contributed by atoms with Gasteiger partial charge in [0.05, 0.1) is 11.7 Å². The minimum atomic E-state index is -0.738. The summed E-state index contributed by atoms with van der Waals surface area (Å²) in [7, 11) is 0. The SMILES string of the molecule is O=C(/C=C/c1ccc(O)cc1)C1=CCC(O)C=C1O. The molecule has 0 heterocycles. The van der Waals surface area contributed by atoms with Crippen molar-refractivity contribution < 1.29 is 20.1 Å². The minimum Gasteiger partial charge on any atom is -0.508 e. The van der Waals surface area contributed by atoms with E-state index in [1.165, 1.54) is 30.4 Å². The maximum Gasteiger partial charge on any atom is 0.189 e. The molecule has 2 rings (SSSR count). The number of carbonyl (C=O) groups is 1. The van der Waals surface area contributed by atoms with Crippen molar-refractivity contribution in [3.05, 3.63) is 59.4 Å². The van der Waals surface area contributed by atoms with Gasteiger partial charge in [-0.05, 0) is 36.3 Å². The second-order valence-electron chi connectivity index (χ2n) is 4.26. The molecule has 19 heavy (non-hydrogen) atoms. The van der Waals surface area contributed by atoms with Crippen LogP contribution in [-0.2, 0) is 4.79 Å². The van der Waals surface area contributed by atoms with E-state index in [1.54, 1.807) is 18.2 Å². The average molecular weight is 258 g/mol. The van der Waals surface area contributed by atoms with Crippen molar-refractivity contribution in [3.63, 3.8) is 0 Å². The van der Waals surface area contributed by atoms with Gasteiger partial charge in [-0.3, -0.25) is 4.79 Å². The molecule has 4 nitrogen and oxygen atoms in total. The molecule has 0 bridgehead atoms. The summed E-state index contributed by atoms with van der Waals surface area (Å²) >= 11 is 0. The molecule has 1 unspecified atom stereocenters. The van der Waals surface area contributed by atoms with E-state index in [0.717, 1.165) is 5.56 Å². The number of benzene rings is 1. The normalized spacial score (nSPS) is 19.1. The predicted octanol–water partition coefficient (Wildman–Crippen LogP) is 2.11. The van der Waals surface area contributed by atoms with Gasteiger partial charge in [0.1, 0.15) is 11.5 Å². The summed E-state index contributed by atoms with van der Waals surface area (Å²) in [5, 5.41) is 28.0. The molecule has 4 heteroatoms. The van der Waals surface area contributed by atoms with E-state index in [2.05, 4.69) is 0 Å². The summed E-state index contributed by atoms with van der Waals surface area (Å²) < 4.78 is 0. The third-order valence-electron chi connectivity index (χ3n) is 2.78. The van der Waals surface area contributed by atoms with Crippen molar-refractivity contribution in [2.75, 3.05) is 0 Å². The first-order valence-electron chi connectivity index (χ1n) is 5.87. The molecule has 0 saturated heterocycles. The maximum atomic E-state index is 11.9. The first kappa shape index (κ1) is 13.1. The summed E-state index contributed by atoms with van der Waals surface area (Å²) in [6.07, 6.45) is 5.29. The van der Waals surface area contributed by atoms with Crippen molar-refractivity contribution in [2.45, 2.75) is 12.5 Å². The van der Waals surface area contributed by atoms with E-state index >= 15 is 0 Å². The lowest BCUT2D eigenvalue weighted by Gasteiger charge is -2.12. The minimum absolute atomic E-state index is 0.160. The molecule has 0 saturated carbocycles. The molecule has 0 aliphatic heterocycles. The standard InChI is InChI=1S/C15H14O4/c16-11-4-1-10(2-5-11)3-8-14(18)13-7-6-12(17)9-15(13)19/h1-5,7-9,12,16-17,19H,6H2/b8-3+. The quantitative estimate of drug-likeness (QED) is 0.726. The van der Waals surface area contributed by atoms with Gasteiger partial charge in [-0.25, -0.2) is 0 Å². The van der Waals surface area contributed by atoms with Crippen molar-refractivity contribution in [1.29, 1.82) is 0 Å². The molecule has 0 fully saturated rings. The van der Waals surface area contributed by atoms with Crippen LogP contribution in [0.3, 0.4) is 0 Å². The summed E-state index contributed by atoms with van der Waals surface area (Å²) in [4.78, 5) is 11.9. The fourth-order valence-electron chi connectivity index (χ4n) is 1.76. The van der Waals surface area contributed by atoms with E-state index in [4.69, 9.17) is 5.11 Å². The highest BCUT2D eigenvalue weighted by Crippen LogP contribution is 2.19. The maximum absolute atomic E-state index is 11.9. The van der Waals surface area contributed by atoms with Gasteiger partial charge in [-0.1, -0.05) is 24.3 Å². The van der Waals surface area contributed by atoms with Crippen molar-refractivity contribution in [1.82, 2.24) is 0 Å². The number of allylic oxidation sites excluding steroid dienone is 2. The van der Waals surface area contributed by atoms with Crippen LogP contribution in [0.25, 0.3) is 6.08 Å². The number of phenolic OH excluding ortho intramolecular Hbond substituents is 1. The van der Waals surface area contributed by atoms with Crippen LogP contribution in [0.4, 0.5) is 0 Å². The van der Waals surface area contributed by atoms with E-state index in [0.29, 0.717) is 6.42 Å². The third kappa shape index (κ3) is 3.33. The Kier molecular flexibility index (Phi) is 3.82. The van der Waals surface area contributed by atoms with Crippen molar-refractivity contribution in [2.24, 2.45) is 0 Å². The highest BCUT2D eigenvalue weighted by atomic mass is 16.3. The molecule has 0 spiro atoms. The Morgan fingerprint density at radius 3 is 2.53 bits per heavy atom. The lowest BCUT2D eigenvalue weighted by atomic mass is 9.99. The van der Waals surface area contributed by atoms with Crippen LogP contribution in [0, 0.1) is 0 Å². The number of aromatic hydroxyl groups is 1. The summed E-state index contributed by atoms with van der Waals surface area (Å²) in [5.74, 6) is -0.360. The second-order valence-corrected chi connectivity index (χ2v) is 4.26. The first-order valence-corrected chi connectivity index (χ1v) is 5.87. The molecule has 0 aromatic heterocycles.